The van der Waals surface area contributed by atoms with Crippen LogP contribution in [0.25, 0.3) is 17.0 Å². The Balaban J connectivity index is 1.79. The lowest BCUT2D eigenvalue weighted by molar-refractivity contribution is 0.509. The molecule has 0 fully saturated rings. The summed E-state index contributed by atoms with van der Waals surface area (Å²) >= 11 is 0. The fourth-order valence-electron chi connectivity index (χ4n) is 2.68. The van der Waals surface area contributed by atoms with Crippen LogP contribution in [0.15, 0.2) is 67.0 Å². The normalized spacial score (nSPS) is 11.0. The van der Waals surface area contributed by atoms with Gasteiger partial charge in [-0.1, -0.05) is 30.3 Å². The van der Waals surface area contributed by atoms with E-state index in [1.54, 1.807) is 16.7 Å². The summed E-state index contributed by atoms with van der Waals surface area (Å²) in [6, 6.07) is 15.4. The minimum atomic E-state index is -0.906. The first-order valence-corrected chi connectivity index (χ1v) is 7.78. The minimum Gasteiger partial charge on any atom is -0.365 e. The second kappa shape index (κ2) is 6.32. The summed E-state index contributed by atoms with van der Waals surface area (Å²) < 4.78 is 28.7. The van der Waals surface area contributed by atoms with E-state index in [9.17, 15) is 8.78 Å². The van der Waals surface area contributed by atoms with Crippen molar-refractivity contribution < 1.29 is 8.78 Å². The molecule has 0 saturated heterocycles. The van der Waals surface area contributed by atoms with Crippen LogP contribution >= 0.6 is 0 Å². The molecule has 0 radical (unpaired) electrons. The van der Waals surface area contributed by atoms with Crippen molar-refractivity contribution in [2.24, 2.45) is 0 Å². The van der Waals surface area contributed by atoms with Crippen molar-refractivity contribution >= 4 is 11.6 Å². The highest BCUT2D eigenvalue weighted by Gasteiger charge is 2.16. The molecule has 124 valence electrons. The van der Waals surface area contributed by atoms with Crippen molar-refractivity contribution in [3.63, 3.8) is 0 Å². The summed E-state index contributed by atoms with van der Waals surface area (Å²) in [4.78, 5) is 8.69. The van der Waals surface area contributed by atoms with Gasteiger partial charge in [-0.2, -0.15) is 0 Å². The number of fused-ring (bicyclic) bond motifs is 1. The zero-order chi connectivity index (χ0) is 17.2. The van der Waals surface area contributed by atoms with E-state index < -0.39 is 11.6 Å². The number of hydrogen-bond donors (Lipinski definition) is 1. The highest BCUT2D eigenvalue weighted by Crippen LogP contribution is 2.29. The Kier molecular flexibility index (Phi) is 3.85. The summed E-state index contributed by atoms with van der Waals surface area (Å²) in [7, 11) is 0. The standard InChI is InChI=1S/C19H14F2N4/c20-15-8-7-14(11-16(15)21)17-18(23-12-13-5-2-1-3-6-13)25-10-4-9-22-19(25)24-17/h1-11,23H,12H2. The van der Waals surface area contributed by atoms with Gasteiger partial charge in [-0.3, -0.25) is 4.40 Å². The lowest BCUT2D eigenvalue weighted by Crippen LogP contribution is -2.03. The lowest BCUT2D eigenvalue weighted by Gasteiger charge is -2.09. The Hall–Kier alpha value is -3.28. The molecule has 2 aromatic carbocycles. The number of halogens is 2. The third kappa shape index (κ3) is 2.94. The predicted octanol–water partition coefficient (Wildman–Crippen LogP) is 4.29. The van der Waals surface area contributed by atoms with Crippen LogP contribution in [0.2, 0.25) is 0 Å². The van der Waals surface area contributed by atoms with E-state index in [1.807, 2.05) is 36.5 Å². The predicted molar refractivity (Wildman–Crippen MR) is 92.1 cm³/mol. The fourth-order valence-corrected chi connectivity index (χ4v) is 2.68. The van der Waals surface area contributed by atoms with Crippen molar-refractivity contribution in [1.29, 1.82) is 0 Å². The van der Waals surface area contributed by atoms with Gasteiger partial charge in [0.15, 0.2) is 11.6 Å². The van der Waals surface area contributed by atoms with E-state index in [0.29, 0.717) is 29.4 Å². The van der Waals surface area contributed by atoms with Gasteiger partial charge in [0, 0.05) is 24.5 Å². The van der Waals surface area contributed by atoms with Crippen molar-refractivity contribution in [2.45, 2.75) is 6.54 Å². The van der Waals surface area contributed by atoms with Crippen LogP contribution in [0.4, 0.5) is 14.6 Å². The van der Waals surface area contributed by atoms with Gasteiger partial charge in [0.2, 0.25) is 5.78 Å². The molecule has 0 spiro atoms. The molecule has 0 bridgehead atoms. The molecular formula is C19H14F2N4. The SMILES string of the molecule is Fc1ccc(-c2nc3ncccn3c2NCc2ccccc2)cc1F. The Labute approximate surface area is 142 Å². The molecule has 0 atom stereocenters. The molecule has 0 saturated carbocycles. The summed E-state index contributed by atoms with van der Waals surface area (Å²) in [6.07, 6.45) is 3.46. The molecule has 2 heterocycles. The number of hydrogen-bond acceptors (Lipinski definition) is 3. The number of rotatable bonds is 4. The third-order valence-corrected chi connectivity index (χ3v) is 3.90. The smallest absolute Gasteiger partial charge is 0.235 e. The minimum absolute atomic E-state index is 0.484. The quantitative estimate of drug-likeness (QED) is 0.605. The molecular weight excluding hydrogens is 322 g/mol. The fraction of sp³-hybridized carbons (Fsp3) is 0.0526. The van der Waals surface area contributed by atoms with Gasteiger partial charge in [0.1, 0.15) is 11.5 Å². The Morgan fingerprint density at radius 1 is 0.960 bits per heavy atom. The topological polar surface area (TPSA) is 42.2 Å². The van der Waals surface area contributed by atoms with E-state index >= 15 is 0 Å². The number of nitrogens with zero attached hydrogens (tertiary/aromatic N) is 3. The van der Waals surface area contributed by atoms with Gasteiger partial charge < -0.3 is 5.32 Å². The maximum Gasteiger partial charge on any atom is 0.235 e. The summed E-state index contributed by atoms with van der Waals surface area (Å²) in [5, 5.41) is 3.33. The van der Waals surface area contributed by atoms with Gasteiger partial charge >= 0.3 is 0 Å². The second-order valence-electron chi connectivity index (χ2n) is 5.57. The molecule has 0 aliphatic carbocycles. The molecule has 0 unspecified atom stereocenters. The maximum atomic E-state index is 13.7. The van der Waals surface area contributed by atoms with E-state index in [2.05, 4.69) is 15.3 Å². The average molecular weight is 336 g/mol. The van der Waals surface area contributed by atoms with Gasteiger partial charge in [-0.25, -0.2) is 18.7 Å². The summed E-state index contributed by atoms with van der Waals surface area (Å²) in [6.45, 7) is 0.570. The van der Waals surface area contributed by atoms with E-state index in [-0.39, 0.29) is 0 Å². The monoisotopic (exact) mass is 336 g/mol. The first-order valence-electron chi connectivity index (χ1n) is 7.78. The molecule has 2 aromatic heterocycles. The average Bonchev–Trinajstić information content (AvgIpc) is 3.02. The third-order valence-electron chi connectivity index (χ3n) is 3.90. The molecule has 6 heteroatoms. The molecule has 0 aliphatic rings. The van der Waals surface area contributed by atoms with Crippen LogP contribution in [0, 0.1) is 11.6 Å². The highest BCUT2D eigenvalue weighted by atomic mass is 19.2. The molecule has 4 aromatic rings. The van der Waals surface area contributed by atoms with E-state index in [4.69, 9.17) is 0 Å². The van der Waals surface area contributed by atoms with Gasteiger partial charge in [0.25, 0.3) is 0 Å². The molecule has 0 amide bonds. The number of aromatic nitrogens is 3. The zero-order valence-corrected chi connectivity index (χ0v) is 13.2. The zero-order valence-electron chi connectivity index (χ0n) is 13.2. The van der Waals surface area contributed by atoms with Crippen LogP contribution in [-0.2, 0) is 6.54 Å². The van der Waals surface area contributed by atoms with Crippen molar-refractivity contribution in [3.8, 4) is 11.3 Å². The lowest BCUT2D eigenvalue weighted by atomic mass is 10.1. The highest BCUT2D eigenvalue weighted by molar-refractivity contribution is 5.75. The molecule has 25 heavy (non-hydrogen) atoms. The van der Waals surface area contributed by atoms with Crippen LogP contribution in [0.3, 0.4) is 0 Å². The number of imidazole rings is 1. The van der Waals surface area contributed by atoms with Crippen LogP contribution in [0.1, 0.15) is 5.56 Å². The molecule has 0 aliphatic heterocycles. The van der Waals surface area contributed by atoms with Crippen molar-refractivity contribution in [1.82, 2.24) is 14.4 Å². The van der Waals surface area contributed by atoms with E-state index in [0.717, 1.165) is 17.7 Å². The van der Waals surface area contributed by atoms with Gasteiger partial charge in [-0.15, -0.1) is 0 Å². The van der Waals surface area contributed by atoms with Crippen LogP contribution in [0.5, 0.6) is 0 Å². The van der Waals surface area contributed by atoms with Crippen molar-refractivity contribution in [3.05, 3.63) is 84.2 Å². The molecule has 4 nitrogen and oxygen atoms in total. The van der Waals surface area contributed by atoms with Gasteiger partial charge in [-0.05, 0) is 29.8 Å². The van der Waals surface area contributed by atoms with Crippen molar-refractivity contribution in [2.75, 3.05) is 5.32 Å². The Bertz CT molecular complexity index is 1030. The van der Waals surface area contributed by atoms with E-state index in [1.165, 1.54) is 6.07 Å². The molecule has 4 rings (SSSR count). The van der Waals surface area contributed by atoms with Crippen LogP contribution in [-0.4, -0.2) is 14.4 Å². The summed E-state index contributed by atoms with van der Waals surface area (Å²) in [5.41, 5.74) is 2.10. The Morgan fingerprint density at radius 2 is 1.80 bits per heavy atom. The number of anilines is 1. The first kappa shape index (κ1) is 15.3. The maximum absolute atomic E-state index is 13.7. The second-order valence-corrected chi connectivity index (χ2v) is 5.57. The first-order chi connectivity index (χ1) is 12.2. The number of nitrogens with one attached hydrogen (secondary N) is 1. The van der Waals surface area contributed by atoms with Crippen LogP contribution < -0.4 is 5.32 Å². The number of benzene rings is 2. The Morgan fingerprint density at radius 3 is 2.60 bits per heavy atom. The molecule has 1 N–H and O–H groups in total. The summed E-state index contributed by atoms with van der Waals surface area (Å²) in [5.74, 6) is -0.628. The van der Waals surface area contributed by atoms with Gasteiger partial charge in [0.05, 0.1) is 0 Å². The largest absolute Gasteiger partial charge is 0.365 e.